The van der Waals surface area contributed by atoms with Crippen LogP contribution in [0.5, 0.6) is 11.5 Å². The first-order chi connectivity index (χ1) is 16.3. The SMILES string of the molecule is Cc1cc([C@@H]2[C@H](c3ccccn3)NC(=S)N2c2ccc(O)cc2)c(C)n1-c1cc(Cl)ccc1O. The Morgan fingerprint density at radius 3 is 2.47 bits per heavy atom. The molecule has 6 nitrogen and oxygen atoms in total. The van der Waals surface area contributed by atoms with Gasteiger partial charge in [-0.25, -0.2) is 0 Å². The number of hydrogen-bond donors (Lipinski definition) is 3. The van der Waals surface area contributed by atoms with Crippen LogP contribution >= 0.6 is 23.8 Å². The highest BCUT2D eigenvalue weighted by Crippen LogP contribution is 2.44. The van der Waals surface area contributed by atoms with Crippen molar-refractivity contribution in [3.05, 3.63) is 101 Å². The summed E-state index contributed by atoms with van der Waals surface area (Å²) in [5.74, 6) is 0.337. The summed E-state index contributed by atoms with van der Waals surface area (Å²) in [4.78, 5) is 6.66. The second kappa shape index (κ2) is 8.66. The van der Waals surface area contributed by atoms with Crippen molar-refractivity contribution in [3.63, 3.8) is 0 Å². The van der Waals surface area contributed by atoms with Crippen LogP contribution in [0.4, 0.5) is 5.69 Å². The zero-order valence-electron chi connectivity index (χ0n) is 18.6. The molecule has 0 amide bonds. The lowest BCUT2D eigenvalue weighted by atomic mass is 9.96. The number of thiocarbonyl (C=S) groups is 1. The molecule has 8 heteroatoms. The Bertz CT molecular complexity index is 1370. The average Bonchev–Trinajstić information content (AvgIpc) is 3.32. The molecule has 3 heterocycles. The Balaban J connectivity index is 1.70. The molecule has 0 spiro atoms. The standard InChI is InChI=1S/C26H23ClN4O2S/c1-15-13-20(16(2)30(15)22-14-17(27)6-11-23(22)33)25-24(21-5-3-4-12-28-21)29-26(34)31(25)18-7-9-19(32)10-8-18/h3-14,24-25,32-33H,1-2H3,(H,29,34)/t24-,25+/m0/s1. The van der Waals surface area contributed by atoms with Crippen molar-refractivity contribution < 1.29 is 10.2 Å². The number of aryl methyl sites for hydroxylation is 1. The third kappa shape index (κ3) is 3.77. The molecule has 0 saturated carbocycles. The molecule has 5 rings (SSSR count). The van der Waals surface area contributed by atoms with Gasteiger partial charge in [-0.15, -0.1) is 0 Å². The maximum Gasteiger partial charge on any atom is 0.174 e. The minimum Gasteiger partial charge on any atom is -0.508 e. The van der Waals surface area contributed by atoms with Crippen LogP contribution in [0.25, 0.3) is 5.69 Å². The smallest absolute Gasteiger partial charge is 0.174 e. The number of phenols is 2. The van der Waals surface area contributed by atoms with E-state index in [1.807, 2.05) is 48.7 Å². The van der Waals surface area contributed by atoms with E-state index >= 15 is 0 Å². The minimum atomic E-state index is -0.215. The number of anilines is 1. The zero-order valence-corrected chi connectivity index (χ0v) is 20.2. The molecule has 2 aromatic heterocycles. The highest BCUT2D eigenvalue weighted by Gasteiger charge is 2.42. The fourth-order valence-electron chi connectivity index (χ4n) is 4.70. The zero-order chi connectivity index (χ0) is 24.0. The van der Waals surface area contributed by atoms with Gasteiger partial charge in [0.05, 0.1) is 23.5 Å². The van der Waals surface area contributed by atoms with E-state index in [9.17, 15) is 10.2 Å². The number of nitrogens with one attached hydrogen (secondary N) is 1. The molecule has 0 bridgehead atoms. The maximum atomic E-state index is 10.6. The summed E-state index contributed by atoms with van der Waals surface area (Å²) in [5, 5.41) is 25.0. The van der Waals surface area contributed by atoms with Crippen molar-refractivity contribution in [2.45, 2.75) is 25.9 Å². The molecular weight excluding hydrogens is 468 g/mol. The monoisotopic (exact) mass is 490 g/mol. The fraction of sp³-hybridized carbons (Fsp3) is 0.154. The summed E-state index contributed by atoms with van der Waals surface area (Å²) in [6.07, 6.45) is 1.77. The van der Waals surface area contributed by atoms with Crippen LogP contribution in [0.1, 0.15) is 34.7 Å². The van der Waals surface area contributed by atoms with Crippen LogP contribution < -0.4 is 10.2 Å². The number of aromatic nitrogens is 2. The lowest BCUT2D eigenvalue weighted by Gasteiger charge is -2.28. The van der Waals surface area contributed by atoms with Crippen molar-refractivity contribution in [2.75, 3.05) is 4.90 Å². The minimum absolute atomic E-state index is 0.148. The lowest BCUT2D eigenvalue weighted by Crippen LogP contribution is -2.29. The van der Waals surface area contributed by atoms with E-state index < -0.39 is 0 Å². The van der Waals surface area contributed by atoms with Gasteiger partial charge in [-0.2, -0.15) is 0 Å². The summed E-state index contributed by atoms with van der Waals surface area (Å²) < 4.78 is 2.00. The Hall–Kier alpha value is -3.55. The summed E-state index contributed by atoms with van der Waals surface area (Å²) >= 11 is 12.0. The highest BCUT2D eigenvalue weighted by atomic mass is 35.5. The number of benzene rings is 2. The van der Waals surface area contributed by atoms with Gasteiger partial charge in [0.25, 0.3) is 0 Å². The van der Waals surface area contributed by atoms with Crippen molar-refractivity contribution in [3.8, 4) is 17.2 Å². The molecule has 0 unspecified atom stereocenters. The third-order valence-corrected chi connectivity index (χ3v) is 6.74. The third-order valence-electron chi connectivity index (χ3n) is 6.19. The second-order valence-electron chi connectivity index (χ2n) is 8.31. The molecule has 1 fully saturated rings. The Morgan fingerprint density at radius 2 is 1.76 bits per heavy atom. The van der Waals surface area contributed by atoms with Gasteiger partial charge in [-0.3, -0.25) is 4.98 Å². The van der Waals surface area contributed by atoms with E-state index in [2.05, 4.69) is 21.3 Å². The molecule has 172 valence electrons. The highest BCUT2D eigenvalue weighted by molar-refractivity contribution is 7.80. The number of phenolic OH excluding ortho intramolecular Hbond substituents is 2. The molecule has 1 saturated heterocycles. The maximum absolute atomic E-state index is 10.6. The average molecular weight is 491 g/mol. The first-order valence-corrected chi connectivity index (χ1v) is 11.6. The van der Waals surface area contributed by atoms with Crippen LogP contribution in [-0.4, -0.2) is 24.9 Å². The Kier molecular flexibility index (Phi) is 5.67. The van der Waals surface area contributed by atoms with Gasteiger partial charge < -0.3 is 25.0 Å². The van der Waals surface area contributed by atoms with Gasteiger partial charge in [0, 0.05) is 28.3 Å². The van der Waals surface area contributed by atoms with E-state index in [-0.39, 0.29) is 23.6 Å². The summed E-state index contributed by atoms with van der Waals surface area (Å²) in [6.45, 7) is 4.02. The van der Waals surface area contributed by atoms with E-state index in [0.29, 0.717) is 15.8 Å². The number of aromatic hydroxyl groups is 2. The van der Waals surface area contributed by atoms with Crippen LogP contribution in [0.3, 0.4) is 0 Å². The molecular formula is C26H23ClN4O2S. The first-order valence-electron chi connectivity index (χ1n) is 10.8. The van der Waals surface area contributed by atoms with Crippen molar-refractivity contribution in [1.82, 2.24) is 14.9 Å². The van der Waals surface area contributed by atoms with Gasteiger partial charge in [-0.05, 0) is 92.3 Å². The van der Waals surface area contributed by atoms with E-state index in [0.717, 1.165) is 28.3 Å². The molecule has 1 aliphatic rings. The summed E-state index contributed by atoms with van der Waals surface area (Å²) in [7, 11) is 0. The predicted octanol–water partition coefficient (Wildman–Crippen LogP) is 5.73. The predicted molar refractivity (Wildman–Crippen MR) is 138 cm³/mol. The summed E-state index contributed by atoms with van der Waals surface area (Å²) in [5.41, 5.74) is 5.28. The Labute approximate surface area is 208 Å². The molecule has 3 N–H and O–H groups in total. The fourth-order valence-corrected chi connectivity index (χ4v) is 5.21. The Morgan fingerprint density at radius 1 is 1.00 bits per heavy atom. The molecule has 0 radical (unpaired) electrons. The van der Waals surface area contributed by atoms with Crippen molar-refractivity contribution in [1.29, 1.82) is 0 Å². The molecule has 4 aromatic rings. The molecule has 2 atom stereocenters. The van der Waals surface area contributed by atoms with E-state index in [4.69, 9.17) is 23.8 Å². The molecule has 1 aliphatic heterocycles. The molecule has 2 aromatic carbocycles. The van der Waals surface area contributed by atoms with Crippen molar-refractivity contribution >= 4 is 34.6 Å². The molecule has 0 aliphatic carbocycles. The number of rotatable bonds is 4. The van der Waals surface area contributed by atoms with Crippen LogP contribution in [0.15, 0.2) is 72.9 Å². The van der Waals surface area contributed by atoms with Gasteiger partial charge in [-0.1, -0.05) is 17.7 Å². The molecule has 34 heavy (non-hydrogen) atoms. The van der Waals surface area contributed by atoms with E-state index in [1.165, 1.54) is 0 Å². The topological polar surface area (TPSA) is 73.5 Å². The normalized spacial score (nSPS) is 17.7. The quantitative estimate of drug-likeness (QED) is 0.317. The van der Waals surface area contributed by atoms with Crippen molar-refractivity contribution in [2.24, 2.45) is 0 Å². The van der Waals surface area contributed by atoms with E-state index in [1.54, 1.807) is 36.5 Å². The van der Waals surface area contributed by atoms with Gasteiger partial charge in [0.1, 0.15) is 11.5 Å². The van der Waals surface area contributed by atoms with Crippen LogP contribution in [0.2, 0.25) is 5.02 Å². The number of halogens is 1. The van der Waals surface area contributed by atoms with Gasteiger partial charge >= 0.3 is 0 Å². The second-order valence-corrected chi connectivity index (χ2v) is 9.13. The number of pyridine rings is 1. The van der Waals surface area contributed by atoms with Crippen LogP contribution in [0, 0.1) is 13.8 Å². The van der Waals surface area contributed by atoms with Gasteiger partial charge in [0.15, 0.2) is 5.11 Å². The van der Waals surface area contributed by atoms with Gasteiger partial charge in [0.2, 0.25) is 0 Å². The first kappa shape index (κ1) is 22.3. The largest absolute Gasteiger partial charge is 0.508 e. The number of hydrogen-bond acceptors (Lipinski definition) is 4. The summed E-state index contributed by atoms with van der Waals surface area (Å²) in [6, 6.07) is 19.5. The number of nitrogens with zero attached hydrogens (tertiary/aromatic N) is 3. The van der Waals surface area contributed by atoms with Crippen LogP contribution in [-0.2, 0) is 0 Å². The lowest BCUT2D eigenvalue weighted by molar-refractivity contribution is 0.471.